The number of Topliss-reactive ketones (excluding diaryl/α,β-unsaturated/α-hetero) is 1. The lowest BCUT2D eigenvalue weighted by Crippen LogP contribution is -2.12. The van der Waals surface area contributed by atoms with Crippen LogP contribution in [0.25, 0.3) is 0 Å². The van der Waals surface area contributed by atoms with Crippen molar-refractivity contribution in [3.05, 3.63) is 48.0 Å². The number of nitrogens with zero attached hydrogens (tertiary/aromatic N) is 1. The number of imidazole rings is 1. The molecule has 12 heteroatoms. The first-order chi connectivity index (χ1) is 37.8. The van der Waals surface area contributed by atoms with Gasteiger partial charge in [-0.2, -0.15) is 11.8 Å². The Balaban J connectivity index is -0.0000000675. The van der Waals surface area contributed by atoms with Crippen molar-refractivity contribution < 1.29 is 24.9 Å². The normalized spacial score (nSPS) is 10.5. The smallest absolute Gasteiger partial charge is 0.217 e. The van der Waals surface area contributed by atoms with E-state index < -0.39 is 0 Å². The third-order valence-electron chi connectivity index (χ3n) is 10.5. The number of phenolic OH excluding ortho intramolecular Hbond substituents is 1. The number of hydrogen-bond acceptors (Lipinski definition) is 9. The first kappa shape index (κ1) is 109. The van der Waals surface area contributed by atoms with Crippen LogP contribution in [-0.2, 0) is 16.0 Å². The maximum atomic E-state index is 10.3. The molecule has 0 bridgehead atoms. The van der Waals surface area contributed by atoms with Crippen molar-refractivity contribution >= 4 is 29.3 Å². The Bertz CT molecular complexity index is 1410. The number of nitrogens with two attached hydrogens (primary N) is 3. The number of aromatic amines is 1. The fraction of sp³-hybridized carbons (Fsp3) is 0.833. The van der Waals surface area contributed by atoms with E-state index in [1.165, 1.54) is 36.3 Å². The molecule has 1 aromatic carbocycles. The molecule has 2 rings (SSSR count). The molecule has 0 aliphatic carbocycles. The van der Waals surface area contributed by atoms with Crippen LogP contribution in [0.4, 0.5) is 0 Å². The summed E-state index contributed by atoms with van der Waals surface area (Å²) < 4.78 is 0. The second kappa shape index (κ2) is 80.1. The van der Waals surface area contributed by atoms with E-state index in [1.54, 1.807) is 32.3 Å². The monoisotopic (exact) mass is 1220 g/mol. The van der Waals surface area contributed by atoms with Gasteiger partial charge in [0.15, 0.2) is 0 Å². The van der Waals surface area contributed by atoms with E-state index in [9.17, 15) is 9.59 Å². The summed E-state index contributed by atoms with van der Waals surface area (Å²) in [5.74, 6) is 11.4. The zero-order valence-electron chi connectivity index (χ0n) is 61.9. The number of aromatic nitrogens is 2. The molecule has 84 heavy (non-hydrogen) atoms. The maximum absolute atomic E-state index is 10.3. The number of aromatic hydroxyl groups is 1. The predicted molar refractivity (Wildman–Crippen MR) is 387 cm³/mol. The summed E-state index contributed by atoms with van der Waals surface area (Å²) >= 11 is 1.93. The molecule has 0 aliphatic rings. The quantitative estimate of drug-likeness (QED) is 0.0524. The van der Waals surface area contributed by atoms with Gasteiger partial charge in [0.25, 0.3) is 0 Å². The van der Waals surface area contributed by atoms with Gasteiger partial charge in [0.05, 0.1) is 18.3 Å². The first-order valence-electron chi connectivity index (χ1n) is 32.1. The van der Waals surface area contributed by atoms with E-state index in [2.05, 4.69) is 162 Å². The maximum Gasteiger partial charge on any atom is 0.217 e. The molecule has 0 saturated carbocycles. The van der Waals surface area contributed by atoms with Crippen LogP contribution in [0.3, 0.4) is 0 Å². The minimum absolute atomic E-state index is 0. The van der Waals surface area contributed by atoms with Crippen molar-refractivity contribution in [3.8, 4) is 5.75 Å². The van der Waals surface area contributed by atoms with Crippen molar-refractivity contribution in [1.82, 2.24) is 9.97 Å². The summed E-state index contributed by atoms with van der Waals surface area (Å²) in [5.41, 5.74) is 17.6. The lowest BCUT2D eigenvalue weighted by molar-refractivity contribution is -0.119. The van der Waals surface area contributed by atoms with Gasteiger partial charge in [-0.15, -0.1) is 0 Å². The van der Waals surface area contributed by atoms with Crippen LogP contribution in [-0.4, -0.2) is 74.1 Å². The van der Waals surface area contributed by atoms with Crippen molar-refractivity contribution in [2.75, 3.05) is 25.2 Å². The zero-order chi connectivity index (χ0) is 68.6. The van der Waals surface area contributed by atoms with Crippen molar-refractivity contribution in [3.63, 3.8) is 0 Å². The van der Waals surface area contributed by atoms with Crippen LogP contribution in [0.1, 0.15) is 292 Å². The first-order valence-corrected chi connectivity index (χ1v) is 33.5. The number of rotatable bonds is 18. The number of hydrogen-bond donors (Lipinski definition) is 8. The highest BCUT2D eigenvalue weighted by Crippen LogP contribution is 2.14. The molecule has 0 radical (unpaired) electrons. The van der Waals surface area contributed by atoms with E-state index in [1.807, 2.05) is 99.3 Å². The molecule has 2 aromatic rings. The molecule has 0 spiro atoms. The molecule has 1 heterocycles. The molecule has 2 atom stereocenters. The number of aliphatic hydroxyl groups is 2. The highest BCUT2D eigenvalue weighted by molar-refractivity contribution is 7.98. The van der Waals surface area contributed by atoms with Crippen LogP contribution >= 0.6 is 11.8 Å². The molecule has 1 aromatic heterocycles. The molecular weight excluding hydrogens is 1060 g/mol. The number of amidine groups is 1. The summed E-state index contributed by atoms with van der Waals surface area (Å²) in [4.78, 5) is 27.2. The minimum Gasteiger partial charge on any atom is -0.508 e. The average Bonchev–Trinajstić information content (AvgIpc) is 3.88. The number of thioether (sulfide) groups is 1. The number of amides is 1. The number of H-pyrrole nitrogens is 1. The second-order valence-electron chi connectivity index (χ2n) is 26.8. The van der Waals surface area contributed by atoms with Gasteiger partial charge in [-0.05, 0) is 146 Å². The van der Waals surface area contributed by atoms with Gasteiger partial charge in [0.2, 0.25) is 5.91 Å². The van der Waals surface area contributed by atoms with Gasteiger partial charge >= 0.3 is 0 Å². The molecule has 512 valence electrons. The van der Waals surface area contributed by atoms with Crippen LogP contribution in [0.2, 0.25) is 0 Å². The zero-order valence-corrected chi connectivity index (χ0v) is 62.8. The van der Waals surface area contributed by atoms with Crippen LogP contribution in [0.5, 0.6) is 5.75 Å². The Labute approximate surface area is 533 Å². The molecular formula is C72H158N6O5S. The molecule has 1 amide bonds. The van der Waals surface area contributed by atoms with E-state index >= 15 is 0 Å². The fourth-order valence-electron chi connectivity index (χ4n) is 3.93. The number of carbonyl (C=O) groups is 2. The van der Waals surface area contributed by atoms with Crippen molar-refractivity contribution in [2.45, 2.75) is 293 Å². The Morgan fingerprint density at radius 1 is 0.607 bits per heavy atom. The topological polar surface area (TPSA) is 225 Å². The molecule has 0 saturated heterocycles. The summed E-state index contributed by atoms with van der Waals surface area (Å²) in [6.07, 6.45) is 12.5. The highest BCUT2D eigenvalue weighted by Gasteiger charge is 2.02. The van der Waals surface area contributed by atoms with Gasteiger partial charge in [-0.1, -0.05) is 247 Å². The number of benzene rings is 1. The van der Waals surface area contributed by atoms with Crippen LogP contribution < -0.4 is 17.2 Å². The second-order valence-corrected chi connectivity index (χ2v) is 27.8. The molecule has 11 nitrogen and oxygen atoms in total. The standard InChI is InChI=1S/C10H14O.C7H16.C6H10N2.C6H12O.C6H14S.C6H14.C5H12N2.C5H11NO.C5H12O.C4H11N.C4H10O.C4H10.C3H8.CH4/c1-8(2)7-9-3-5-10(11)6-4-9;1-5-7(4)6(2)3;1-5(2)6-3-7-4-8-6;1-5(2)4-6(3)7;1-6(2)4-5-7-3;1-5(2)6(3)4;2*1-4(2)3-5(6)7;1-4(2)5(3)6;2*1-4(2)3-5;1-4(2)3;1-3-2;/h3-6,8,11H,7H2,1-2H3;6-7H,5H2,1-4H3;3-5H,1-2H3,(H,7,8);5H,4H2,1-3H3;6H,4-5H2,1-3H3;5-6H,1-4H3;4H,3H2,1-2H3,(H3,6,7);4H,3H2,1-2H3,(H2,6,7);4-6H,1-3H3;4H,3,5H2,1-2H3;4-5H,3H2,1-2H3;4H,1-3H3;3H2,1-2H3;1H4. The average molecular weight is 1220 g/mol. The molecule has 0 aliphatic heterocycles. The lowest BCUT2D eigenvalue weighted by Gasteiger charge is -2.10. The van der Waals surface area contributed by atoms with E-state index in [0.29, 0.717) is 66.1 Å². The van der Waals surface area contributed by atoms with Gasteiger partial charge in [0.1, 0.15) is 11.5 Å². The summed E-state index contributed by atoms with van der Waals surface area (Å²) in [5, 5.41) is 32.6. The van der Waals surface area contributed by atoms with Gasteiger partial charge in [0, 0.05) is 37.8 Å². The number of phenols is 1. The summed E-state index contributed by atoms with van der Waals surface area (Å²) in [6.45, 7) is 70.7. The summed E-state index contributed by atoms with van der Waals surface area (Å²) in [6, 6.07) is 7.40. The molecule has 2 unspecified atom stereocenters. The fourth-order valence-corrected chi connectivity index (χ4v) is 4.63. The van der Waals surface area contributed by atoms with E-state index in [4.69, 9.17) is 37.9 Å². The van der Waals surface area contributed by atoms with Gasteiger partial charge in [-0.25, -0.2) is 4.98 Å². The van der Waals surface area contributed by atoms with E-state index in [0.717, 1.165) is 61.3 Å². The third kappa shape index (κ3) is 153. The molecule has 11 N–H and O–H groups in total. The number of nitrogens with one attached hydrogen (secondary N) is 2. The Hall–Kier alpha value is -2.93. The number of carbonyl (C=O) groups excluding carboxylic acids is 2. The van der Waals surface area contributed by atoms with Crippen LogP contribution in [0, 0.1) is 82.3 Å². The van der Waals surface area contributed by atoms with Crippen LogP contribution in [0.15, 0.2) is 36.8 Å². The number of ketones is 1. The Morgan fingerprint density at radius 3 is 1.06 bits per heavy atom. The summed E-state index contributed by atoms with van der Waals surface area (Å²) in [7, 11) is 0. The van der Waals surface area contributed by atoms with Gasteiger partial charge in [-0.3, -0.25) is 10.2 Å². The molecule has 0 fully saturated rings. The number of aliphatic hydroxyl groups excluding tert-OH is 2. The van der Waals surface area contributed by atoms with Gasteiger partial charge < -0.3 is 42.3 Å². The number of primary amides is 1. The predicted octanol–water partition coefficient (Wildman–Crippen LogP) is 20.6. The SMILES string of the molecule is C.CC(=O)CC(C)C.CC(C)C.CC(C)C(C)C.CC(C)C(C)O.CC(C)CC(=N)N.CC(C)CC(N)=O.CC(C)CN.CC(C)CO.CC(C)Cc1ccc(O)cc1.CC(C)c1cnc[nH]1.CCC.CCC(C)C(C)C.CSCCC(C)C. The van der Waals surface area contributed by atoms with Crippen molar-refractivity contribution in [1.29, 1.82) is 5.41 Å². The Morgan fingerprint density at radius 2 is 0.964 bits per heavy atom. The highest BCUT2D eigenvalue weighted by atomic mass is 32.2. The van der Waals surface area contributed by atoms with E-state index in [-0.39, 0.29) is 31.1 Å². The lowest BCUT2D eigenvalue weighted by atomic mass is 9.96. The Kier molecular flexibility index (Phi) is 104. The largest absolute Gasteiger partial charge is 0.508 e. The van der Waals surface area contributed by atoms with Crippen molar-refractivity contribution in [2.24, 2.45) is 94.1 Å². The minimum atomic E-state index is -0.213. The third-order valence-corrected chi connectivity index (χ3v) is 11.1.